The molecule has 1 atom stereocenters. The van der Waals surface area contributed by atoms with E-state index >= 15 is 0 Å². The van der Waals surface area contributed by atoms with Crippen LogP contribution in [0.5, 0.6) is 0 Å². The highest BCUT2D eigenvalue weighted by Crippen LogP contribution is 2.15. The number of carbonyl (C=O) groups excluding carboxylic acids is 1. The number of nitrogens with zero attached hydrogens (tertiary/aromatic N) is 1. The lowest BCUT2D eigenvalue weighted by Gasteiger charge is -2.14. The average Bonchev–Trinajstić information content (AvgIpc) is 2.37. The molecule has 1 aromatic carbocycles. The molecule has 0 aliphatic rings. The lowest BCUT2D eigenvalue weighted by molar-refractivity contribution is 0.0939. The Kier molecular flexibility index (Phi) is 3.98. The maximum atomic E-state index is 13.2. The summed E-state index contributed by atoms with van der Waals surface area (Å²) in [4.78, 5) is 16.1. The van der Waals surface area contributed by atoms with Crippen LogP contribution in [0.15, 0.2) is 36.4 Å². The third-order valence-electron chi connectivity index (χ3n) is 2.93. The molecule has 1 amide bonds. The number of nitrogen functional groups attached to an aromatic ring is 1. The summed E-state index contributed by atoms with van der Waals surface area (Å²) in [5, 5.41) is 2.81. The van der Waals surface area contributed by atoms with Crippen LogP contribution in [-0.4, -0.2) is 10.9 Å². The summed E-state index contributed by atoms with van der Waals surface area (Å²) in [5.74, 6) is -0.292. The van der Waals surface area contributed by atoms with Gasteiger partial charge in [0.2, 0.25) is 0 Å². The molecule has 3 N–H and O–H groups in total. The maximum Gasteiger partial charge on any atom is 0.251 e. The van der Waals surface area contributed by atoms with E-state index in [9.17, 15) is 9.18 Å². The zero-order valence-corrected chi connectivity index (χ0v) is 11.4. The Morgan fingerprint density at radius 2 is 2.10 bits per heavy atom. The van der Waals surface area contributed by atoms with Gasteiger partial charge in [-0.3, -0.25) is 4.79 Å². The minimum Gasteiger partial charge on any atom is -0.384 e. The fraction of sp³-hybridized carbons (Fsp3) is 0.200. The molecular formula is C15H16FN3O. The third-order valence-corrected chi connectivity index (χ3v) is 2.93. The Hall–Kier alpha value is -2.43. The molecule has 0 aliphatic heterocycles. The number of pyridine rings is 1. The van der Waals surface area contributed by atoms with Gasteiger partial charge in [0, 0.05) is 11.3 Å². The molecule has 0 spiro atoms. The van der Waals surface area contributed by atoms with Gasteiger partial charge in [-0.05, 0) is 43.7 Å². The van der Waals surface area contributed by atoms with Crippen molar-refractivity contribution in [1.82, 2.24) is 10.3 Å². The first-order chi connectivity index (χ1) is 9.45. The second-order valence-corrected chi connectivity index (χ2v) is 4.67. The summed E-state index contributed by atoms with van der Waals surface area (Å²) in [7, 11) is 0. The van der Waals surface area contributed by atoms with E-state index in [4.69, 9.17) is 5.73 Å². The molecule has 0 aliphatic carbocycles. The van der Waals surface area contributed by atoms with E-state index in [2.05, 4.69) is 10.3 Å². The molecular weight excluding hydrogens is 257 g/mol. The monoisotopic (exact) mass is 273 g/mol. The van der Waals surface area contributed by atoms with Gasteiger partial charge in [0.05, 0.1) is 6.04 Å². The van der Waals surface area contributed by atoms with Crippen molar-refractivity contribution < 1.29 is 9.18 Å². The summed E-state index contributed by atoms with van der Waals surface area (Å²) in [6, 6.07) is 9.02. The van der Waals surface area contributed by atoms with Gasteiger partial charge in [-0.25, -0.2) is 9.37 Å². The highest BCUT2D eigenvalue weighted by molar-refractivity contribution is 5.95. The molecule has 0 radical (unpaired) electrons. The molecule has 2 rings (SSSR count). The van der Waals surface area contributed by atoms with Crippen LogP contribution in [-0.2, 0) is 0 Å². The van der Waals surface area contributed by atoms with Crippen molar-refractivity contribution in [3.63, 3.8) is 0 Å². The van der Waals surface area contributed by atoms with E-state index in [1.807, 2.05) is 0 Å². The summed E-state index contributed by atoms with van der Waals surface area (Å²) in [6.45, 7) is 3.56. The Labute approximate surface area is 116 Å². The van der Waals surface area contributed by atoms with Crippen LogP contribution in [0.3, 0.4) is 0 Å². The zero-order chi connectivity index (χ0) is 14.7. The number of anilines is 1. The summed E-state index contributed by atoms with van der Waals surface area (Å²) in [5.41, 5.74) is 7.44. The van der Waals surface area contributed by atoms with Gasteiger partial charge in [-0.15, -0.1) is 0 Å². The van der Waals surface area contributed by atoms with Gasteiger partial charge in [-0.1, -0.05) is 12.1 Å². The second kappa shape index (κ2) is 5.69. The molecule has 1 aromatic heterocycles. The van der Waals surface area contributed by atoms with E-state index in [-0.39, 0.29) is 17.8 Å². The van der Waals surface area contributed by atoms with Crippen molar-refractivity contribution in [2.75, 3.05) is 5.73 Å². The van der Waals surface area contributed by atoms with E-state index in [0.29, 0.717) is 22.6 Å². The molecule has 0 saturated carbocycles. The Morgan fingerprint density at radius 1 is 1.35 bits per heavy atom. The Balaban J connectivity index is 2.15. The molecule has 1 unspecified atom stereocenters. The standard InChI is InChI=1S/C15H16FN3O/c1-9-6-12(8-14(17)18-9)15(20)19-10(2)11-4-3-5-13(16)7-11/h3-8,10H,1-2H3,(H2,17,18)(H,19,20). The quantitative estimate of drug-likeness (QED) is 0.903. The number of aryl methyl sites for hydroxylation is 1. The molecule has 0 fully saturated rings. The molecule has 20 heavy (non-hydrogen) atoms. The number of hydrogen-bond acceptors (Lipinski definition) is 3. The number of nitrogens with one attached hydrogen (secondary N) is 1. The molecule has 4 nitrogen and oxygen atoms in total. The van der Waals surface area contributed by atoms with Crippen LogP contribution < -0.4 is 11.1 Å². The number of amides is 1. The highest BCUT2D eigenvalue weighted by Gasteiger charge is 2.13. The molecule has 0 saturated heterocycles. The normalized spacial score (nSPS) is 11.9. The van der Waals surface area contributed by atoms with Gasteiger partial charge in [-0.2, -0.15) is 0 Å². The lowest BCUT2D eigenvalue weighted by Crippen LogP contribution is -2.27. The van der Waals surface area contributed by atoms with Crippen LogP contribution in [0, 0.1) is 12.7 Å². The topological polar surface area (TPSA) is 68.0 Å². The van der Waals surface area contributed by atoms with Crippen molar-refractivity contribution in [1.29, 1.82) is 0 Å². The van der Waals surface area contributed by atoms with Crippen LogP contribution in [0.25, 0.3) is 0 Å². The fourth-order valence-electron chi connectivity index (χ4n) is 1.96. The molecule has 0 bridgehead atoms. The fourth-order valence-corrected chi connectivity index (χ4v) is 1.96. The van der Waals surface area contributed by atoms with Crippen LogP contribution in [0.2, 0.25) is 0 Å². The lowest BCUT2D eigenvalue weighted by atomic mass is 10.1. The molecule has 104 valence electrons. The van der Waals surface area contributed by atoms with E-state index in [1.165, 1.54) is 18.2 Å². The van der Waals surface area contributed by atoms with Gasteiger partial charge in [0.1, 0.15) is 11.6 Å². The van der Waals surface area contributed by atoms with Gasteiger partial charge < -0.3 is 11.1 Å². The molecule has 1 heterocycles. The van der Waals surface area contributed by atoms with Crippen LogP contribution in [0.1, 0.15) is 34.6 Å². The smallest absolute Gasteiger partial charge is 0.251 e. The number of rotatable bonds is 3. The van der Waals surface area contributed by atoms with Crippen molar-refractivity contribution >= 4 is 11.7 Å². The van der Waals surface area contributed by atoms with Gasteiger partial charge in [0.15, 0.2) is 0 Å². The minimum absolute atomic E-state index is 0.265. The first kappa shape index (κ1) is 14.0. The highest BCUT2D eigenvalue weighted by atomic mass is 19.1. The Morgan fingerprint density at radius 3 is 2.75 bits per heavy atom. The van der Waals surface area contributed by atoms with Gasteiger partial charge in [0.25, 0.3) is 5.91 Å². The number of hydrogen-bond donors (Lipinski definition) is 2. The largest absolute Gasteiger partial charge is 0.384 e. The van der Waals surface area contributed by atoms with E-state index in [1.54, 1.807) is 32.0 Å². The Bertz CT molecular complexity index is 623. The summed E-state index contributed by atoms with van der Waals surface area (Å²) < 4.78 is 13.2. The first-order valence-electron chi connectivity index (χ1n) is 6.26. The van der Waals surface area contributed by atoms with Crippen molar-refractivity contribution in [2.45, 2.75) is 19.9 Å². The number of halogens is 1. The summed E-state index contributed by atoms with van der Waals surface area (Å²) >= 11 is 0. The van der Waals surface area contributed by atoms with Crippen molar-refractivity contribution in [2.24, 2.45) is 0 Å². The predicted octanol–water partition coefficient (Wildman–Crippen LogP) is 2.60. The number of benzene rings is 1. The van der Waals surface area contributed by atoms with Crippen molar-refractivity contribution in [3.05, 3.63) is 59.0 Å². The number of carbonyl (C=O) groups is 1. The average molecular weight is 273 g/mol. The van der Waals surface area contributed by atoms with Crippen LogP contribution in [0.4, 0.5) is 10.2 Å². The van der Waals surface area contributed by atoms with E-state index in [0.717, 1.165) is 0 Å². The molecule has 2 aromatic rings. The van der Waals surface area contributed by atoms with Crippen molar-refractivity contribution in [3.8, 4) is 0 Å². The van der Waals surface area contributed by atoms with Crippen LogP contribution >= 0.6 is 0 Å². The molecule has 5 heteroatoms. The number of nitrogens with two attached hydrogens (primary N) is 1. The predicted molar refractivity (Wildman–Crippen MR) is 75.7 cm³/mol. The first-order valence-corrected chi connectivity index (χ1v) is 6.26. The maximum absolute atomic E-state index is 13.2. The summed E-state index contributed by atoms with van der Waals surface area (Å²) in [6.07, 6.45) is 0. The number of aromatic nitrogens is 1. The van der Waals surface area contributed by atoms with Gasteiger partial charge >= 0.3 is 0 Å². The zero-order valence-electron chi connectivity index (χ0n) is 11.4. The minimum atomic E-state index is -0.326. The SMILES string of the molecule is Cc1cc(C(=O)NC(C)c2cccc(F)c2)cc(N)n1. The third kappa shape index (κ3) is 3.32. The second-order valence-electron chi connectivity index (χ2n) is 4.67. The van der Waals surface area contributed by atoms with E-state index < -0.39 is 0 Å².